The van der Waals surface area contributed by atoms with Crippen LogP contribution in [0.1, 0.15) is 49.6 Å². The molecule has 2 aromatic rings. The fourth-order valence-corrected chi connectivity index (χ4v) is 3.64. The molecule has 3 rings (SSSR count). The van der Waals surface area contributed by atoms with Crippen LogP contribution in [0.2, 0.25) is 0 Å². The van der Waals surface area contributed by atoms with E-state index in [1.165, 1.54) is 5.56 Å². The number of aromatic nitrogens is 3. The lowest BCUT2D eigenvalue weighted by atomic mass is 9.91. The highest BCUT2D eigenvalue weighted by molar-refractivity contribution is 5.86. The second-order valence-electron chi connectivity index (χ2n) is 8.04. The molecule has 2 N–H and O–H groups in total. The SMILES string of the molecule is CC(C)c1ccc(CN2CCCC(O)(CNCCc3nncn3C)C2=O)cc1. The Morgan fingerprint density at radius 3 is 2.68 bits per heavy atom. The van der Waals surface area contributed by atoms with E-state index >= 15 is 0 Å². The number of aliphatic hydroxyl groups is 1. The van der Waals surface area contributed by atoms with Crippen LogP contribution in [0, 0.1) is 0 Å². The predicted octanol–water partition coefficient (Wildman–Crippen LogP) is 1.62. The van der Waals surface area contributed by atoms with E-state index in [9.17, 15) is 9.90 Å². The number of rotatable bonds is 8. The number of likely N-dealkylation sites (tertiary alicyclic amines) is 1. The van der Waals surface area contributed by atoms with E-state index in [2.05, 4.69) is 53.6 Å². The Kier molecular flexibility index (Phi) is 6.46. The number of hydrogen-bond donors (Lipinski definition) is 2. The fraction of sp³-hybridized carbons (Fsp3) is 0.571. The molecule has 1 atom stereocenters. The van der Waals surface area contributed by atoms with E-state index in [-0.39, 0.29) is 12.5 Å². The van der Waals surface area contributed by atoms with Crippen LogP contribution in [0.4, 0.5) is 0 Å². The Balaban J connectivity index is 1.54. The maximum atomic E-state index is 12.9. The molecule has 7 heteroatoms. The van der Waals surface area contributed by atoms with Gasteiger partial charge in [-0.3, -0.25) is 4.79 Å². The largest absolute Gasteiger partial charge is 0.379 e. The molecule has 1 aromatic carbocycles. The minimum Gasteiger partial charge on any atom is -0.379 e. The maximum Gasteiger partial charge on any atom is 0.256 e. The van der Waals surface area contributed by atoms with Gasteiger partial charge in [0.05, 0.1) is 0 Å². The lowest BCUT2D eigenvalue weighted by molar-refractivity contribution is -0.157. The average molecular weight is 386 g/mol. The summed E-state index contributed by atoms with van der Waals surface area (Å²) in [5.74, 6) is 1.18. The fourth-order valence-electron chi connectivity index (χ4n) is 3.64. The molecular formula is C21H31N5O2. The Bertz CT molecular complexity index is 786. The van der Waals surface area contributed by atoms with E-state index in [1.54, 1.807) is 11.2 Å². The van der Waals surface area contributed by atoms with Gasteiger partial charge in [-0.05, 0) is 29.9 Å². The van der Waals surface area contributed by atoms with Crippen molar-refractivity contribution in [3.05, 3.63) is 47.5 Å². The standard InChI is InChI=1S/C21H31N5O2/c1-16(2)18-7-5-17(6-8-18)13-26-12-4-10-21(28,20(26)27)14-22-11-9-19-24-23-15-25(19)3/h5-8,15-16,22,28H,4,9-14H2,1-3H3. The Morgan fingerprint density at radius 1 is 1.29 bits per heavy atom. The Morgan fingerprint density at radius 2 is 2.04 bits per heavy atom. The van der Waals surface area contributed by atoms with Crippen molar-refractivity contribution in [1.82, 2.24) is 25.0 Å². The molecule has 0 bridgehead atoms. The number of nitrogens with one attached hydrogen (secondary N) is 1. The first-order valence-corrected chi connectivity index (χ1v) is 10.0. The van der Waals surface area contributed by atoms with Crippen molar-refractivity contribution in [2.24, 2.45) is 7.05 Å². The first-order valence-electron chi connectivity index (χ1n) is 10.0. The number of nitrogens with zero attached hydrogens (tertiary/aromatic N) is 4. The number of amides is 1. The smallest absolute Gasteiger partial charge is 0.256 e. The molecule has 0 spiro atoms. The van der Waals surface area contributed by atoms with Crippen molar-refractivity contribution in [1.29, 1.82) is 0 Å². The van der Waals surface area contributed by atoms with Crippen LogP contribution in [0.15, 0.2) is 30.6 Å². The molecule has 2 heterocycles. The quantitative estimate of drug-likeness (QED) is 0.675. The van der Waals surface area contributed by atoms with Crippen LogP contribution in [-0.4, -0.2) is 55.9 Å². The normalized spacial score (nSPS) is 20.2. The third kappa shape index (κ3) is 4.77. The first kappa shape index (κ1) is 20.5. The summed E-state index contributed by atoms with van der Waals surface area (Å²) in [6.07, 6.45) is 3.66. The molecule has 7 nitrogen and oxygen atoms in total. The highest BCUT2D eigenvalue weighted by atomic mass is 16.3. The highest BCUT2D eigenvalue weighted by Crippen LogP contribution is 2.24. The van der Waals surface area contributed by atoms with Gasteiger partial charge >= 0.3 is 0 Å². The molecule has 1 aliphatic rings. The van der Waals surface area contributed by atoms with Crippen molar-refractivity contribution in [2.45, 2.75) is 51.2 Å². The van der Waals surface area contributed by atoms with Crippen molar-refractivity contribution in [3.63, 3.8) is 0 Å². The van der Waals surface area contributed by atoms with E-state index in [0.29, 0.717) is 38.4 Å². The number of carbonyl (C=O) groups excluding carboxylic acids is 1. The topological polar surface area (TPSA) is 83.3 Å². The Labute approximate surface area is 166 Å². The zero-order valence-corrected chi connectivity index (χ0v) is 17.1. The summed E-state index contributed by atoms with van der Waals surface area (Å²) < 4.78 is 1.87. The highest BCUT2D eigenvalue weighted by Gasteiger charge is 2.41. The van der Waals surface area contributed by atoms with Gasteiger partial charge in [-0.25, -0.2) is 0 Å². The summed E-state index contributed by atoms with van der Waals surface area (Å²) in [5.41, 5.74) is 1.05. The van der Waals surface area contributed by atoms with Crippen LogP contribution in [0.25, 0.3) is 0 Å². The van der Waals surface area contributed by atoms with Crippen LogP contribution >= 0.6 is 0 Å². The van der Waals surface area contributed by atoms with Gasteiger partial charge in [0.1, 0.15) is 12.2 Å². The molecule has 0 aliphatic carbocycles. The maximum absolute atomic E-state index is 12.9. The summed E-state index contributed by atoms with van der Waals surface area (Å²) in [5, 5.41) is 22.0. The number of aryl methyl sites for hydroxylation is 1. The molecule has 1 aromatic heterocycles. The summed E-state index contributed by atoms with van der Waals surface area (Å²) in [7, 11) is 1.90. The minimum atomic E-state index is -1.34. The van der Waals surface area contributed by atoms with Crippen LogP contribution in [-0.2, 0) is 24.8 Å². The van der Waals surface area contributed by atoms with E-state index < -0.39 is 5.60 Å². The van der Waals surface area contributed by atoms with Gasteiger partial charge in [0.15, 0.2) is 5.60 Å². The van der Waals surface area contributed by atoms with Crippen LogP contribution < -0.4 is 5.32 Å². The number of piperidine rings is 1. The monoisotopic (exact) mass is 385 g/mol. The molecule has 1 saturated heterocycles. The molecule has 1 fully saturated rings. The lowest BCUT2D eigenvalue weighted by Crippen LogP contribution is -2.57. The molecule has 1 aliphatic heterocycles. The molecule has 0 saturated carbocycles. The molecule has 152 valence electrons. The molecule has 1 amide bonds. The van der Waals surface area contributed by atoms with Crippen LogP contribution in [0.3, 0.4) is 0 Å². The van der Waals surface area contributed by atoms with Crippen molar-refractivity contribution >= 4 is 5.91 Å². The van der Waals surface area contributed by atoms with Gasteiger partial charge < -0.3 is 19.9 Å². The van der Waals surface area contributed by atoms with Gasteiger partial charge in [0.2, 0.25) is 0 Å². The van der Waals surface area contributed by atoms with Gasteiger partial charge in [-0.15, -0.1) is 10.2 Å². The molecule has 1 unspecified atom stereocenters. The summed E-state index contributed by atoms with van der Waals surface area (Å²) in [6.45, 7) is 6.46. The van der Waals surface area contributed by atoms with E-state index in [0.717, 1.165) is 17.8 Å². The minimum absolute atomic E-state index is 0.183. The first-order chi connectivity index (χ1) is 13.4. The van der Waals surface area contributed by atoms with Gasteiger partial charge in [-0.1, -0.05) is 38.1 Å². The second-order valence-corrected chi connectivity index (χ2v) is 8.04. The van der Waals surface area contributed by atoms with Gasteiger partial charge in [0, 0.05) is 39.6 Å². The second kappa shape index (κ2) is 8.84. The average Bonchev–Trinajstić information content (AvgIpc) is 3.08. The van der Waals surface area contributed by atoms with Gasteiger partial charge in [-0.2, -0.15) is 0 Å². The molecule has 28 heavy (non-hydrogen) atoms. The van der Waals surface area contributed by atoms with Crippen molar-refractivity contribution < 1.29 is 9.90 Å². The zero-order valence-electron chi connectivity index (χ0n) is 17.1. The summed E-state index contributed by atoms with van der Waals surface area (Å²) in [6, 6.07) is 8.40. The number of benzene rings is 1. The van der Waals surface area contributed by atoms with E-state index in [4.69, 9.17) is 0 Å². The van der Waals surface area contributed by atoms with Crippen molar-refractivity contribution in [2.75, 3.05) is 19.6 Å². The van der Waals surface area contributed by atoms with Crippen molar-refractivity contribution in [3.8, 4) is 0 Å². The zero-order chi connectivity index (χ0) is 20.1. The summed E-state index contributed by atoms with van der Waals surface area (Å²) in [4.78, 5) is 14.7. The number of carbonyl (C=O) groups is 1. The van der Waals surface area contributed by atoms with Gasteiger partial charge in [0.25, 0.3) is 5.91 Å². The number of hydrogen-bond acceptors (Lipinski definition) is 5. The summed E-state index contributed by atoms with van der Waals surface area (Å²) >= 11 is 0. The van der Waals surface area contributed by atoms with E-state index in [1.807, 2.05) is 11.6 Å². The Hall–Kier alpha value is -2.25. The third-order valence-electron chi connectivity index (χ3n) is 5.47. The predicted molar refractivity (Wildman–Crippen MR) is 108 cm³/mol. The molecule has 0 radical (unpaired) electrons. The lowest BCUT2D eigenvalue weighted by Gasteiger charge is -2.38. The van der Waals surface area contributed by atoms with Crippen LogP contribution in [0.5, 0.6) is 0 Å². The molecular weight excluding hydrogens is 354 g/mol. The third-order valence-corrected chi connectivity index (χ3v) is 5.47.